The molecule has 1 aliphatic heterocycles. The van der Waals surface area contributed by atoms with E-state index in [1.165, 1.54) is 64.1 Å². The summed E-state index contributed by atoms with van der Waals surface area (Å²) in [6, 6.07) is 12.0. The Hall–Kier alpha value is -5.00. The van der Waals surface area contributed by atoms with Crippen LogP contribution in [0.1, 0.15) is 101 Å². The molecule has 2 saturated carbocycles. The molecule has 0 unspecified atom stereocenters. The summed E-state index contributed by atoms with van der Waals surface area (Å²) in [6.07, 6.45) is -11.3. The molecule has 2 bridgehead atoms. The van der Waals surface area contributed by atoms with E-state index >= 15 is 0 Å². The Kier molecular flexibility index (Phi) is 11.7. The number of aliphatic hydroxyl groups excluding tert-OH is 3. The molecule has 324 valence electrons. The van der Waals surface area contributed by atoms with Crippen molar-refractivity contribution in [1.29, 1.82) is 0 Å². The van der Waals surface area contributed by atoms with Crippen LogP contribution in [0.15, 0.2) is 65.7 Å². The third-order valence-corrected chi connectivity index (χ3v) is 12.8. The first-order valence-corrected chi connectivity index (χ1v) is 19.8. The molecule has 1 saturated heterocycles. The van der Waals surface area contributed by atoms with Crippen LogP contribution >= 0.6 is 0 Å². The van der Waals surface area contributed by atoms with Crippen LogP contribution < -0.4 is 5.32 Å². The fraction of sp³-hybridized carbons (Fsp3) is 0.545. The second-order valence-corrected chi connectivity index (χ2v) is 17.9. The second kappa shape index (κ2) is 15.8. The van der Waals surface area contributed by atoms with Gasteiger partial charge in [-0.1, -0.05) is 56.3 Å². The summed E-state index contributed by atoms with van der Waals surface area (Å²) in [4.78, 5) is 80.5. The molecule has 2 aromatic rings. The topological polar surface area (TPSA) is 242 Å². The van der Waals surface area contributed by atoms with E-state index in [0.29, 0.717) is 6.29 Å². The normalized spacial score (nSPS) is 32.9. The Morgan fingerprint density at radius 1 is 0.983 bits per heavy atom. The molecule has 6 rings (SSSR count). The van der Waals surface area contributed by atoms with Gasteiger partial charge in [-0.25, -0.2) is 14.4 Å². The molecular formula is C44H53NO15. The summed E-state index contributed by atoms with van der Waals surface area (Å²) in [6.45, 7) is 11.6. The molecule has 1 heterocycles. The predicted molar refractivity (Wildman–Crippen MR) is 209 cm³/mol. The minimum Gasteiger partial charge on any atom is -0.456 e. The van der Waals surface area contributed by atoms with Gasteiger partial charge in [-0.05, 0) is 63.5 Å². The summed E-state index contributed by atoms with van der Waals surface area (Å²) >= 11 is 0. The van der Waals surface area contributed by atoms with Gasteiger partial charge in [0.2, 0.25) is 0 Å². The molecular weight excluding hydrogens is 782 g/mol. The maximum absolute atomic E-state index is 15.0. The number of ether oxygens (including phenoxy) is 5. The summed E-state index contributed by atoms with van der Waals surface area (Å²) in [5.41, 5.74) is -8.25. The van der Waals surface area contributed by atoms with Crippen molar-refractivity contribution in [3.8, 4) is 0 Å². The van der Waals surface area contributed by atoms with E-state index < -0.39 is 112 Å². The van der Waals surface area contributed by atoms with E-state index in [-0.39, 0.29) is 40.9 Å². The number of carbonyl (C=O) groups excluding carboxylic acids is 6. The van der Waals surface area contributed by atoms with Gasteiger partial charge in [-0.2, -0.15) is 0 Å². The van der Waals surface area contributed by atoms with Crippen molar-refractivity contribution in [3.05, 3.63) is 82.4 Å². The molecule has 16 nitrogen and oxygen atoms in total. The molecule has 0 radical (unpaired) electrons. The van der Waals surface area contributed by atoms with E-state index in [1.54, 1.807) is 39.0 Å². The molecule has 0 aromatic heterocycles. The Bertz CT molecular complexity index is 2080. The van der Waals surface area contributed by atoms with Crippen molar-refractivity contribution in [3.63, 3.8) is 0 Å². The highest BCUT2D eigenvalue weighted by atomic mass is 16.6. The molecule has 3 aliphatic carbocycles. The number of amides is 1. The van der Waals surface area contributed by atoms with Gasteiger partial charge in [-0.3, -0.25) is 14.4 Å². The van der Waals surface area contributed by atoms with Crippen molar-refractivity contribution in [2.45, 2.75) is 128 Å². The second-order valence-electron chi connectivity index (χ2n) is 17.9. The molecule has 1 amide bonds. The molecule has 3 fully saturated rings. The first-order valence-electron chi connectivity index (χ1n) is 19.8. The van der Waals surface area contributed by atoms with Gasteiger partial charge < -0.3 is 49.4 Å². The third kappa shape index (κ3) is 7.42. The minimum absolute atomic E-state index is 0.0619. The summed E-state index contributed by atoms with van der Waals surface area (Å²) in [5.74, 6) is -5.51. The molecule has 4 aliphatic rings. The van der Waals surface area contributed by atoms with E-state index in [4.69, 9.17) is 23.7 Å². The van der Waals surface area contributed by atoms with Gasteiger partial charge in [0.15, 0.2) is 17.5 Å². The van der Waals surface area contributed by atoms with E-state index in [0.717, 1.165) is 6.92 Å². The molecule has 5 N–H and O–H groups in total. The first kappa shape index (κ1) is 44.5. The predicted octanol–water partition coefficient (Wildman–Crippen LogP) is 3.07. The fourth-order valence-electron chi connectivity index (χ4n) is 9.68. The molecule has 11 atom stereocenters. The first-order chi connectivity index (χ1) is 27.9. The largest absolute Gasteiger partial charge is 0.456 e. The average Bonchev–Trinajstić information content (AvgIpc) is 3.17. The van der Waals surface area contributed by atoms with E-state index in [1.807, 2.05) is 0 Å². The smallest absolute Gasteiger partial charge is 0.408 e. The molecule has 60 heavy (non-hydrogen) atoms. The lowest BCUT2D eigenvalue weighted by molar-refractivity contribution is -0.346. The van der Waals surface area contributed by atoms with Gasteiger partial charge >= 0.3 is 24.0 Å². The maximum atomic E-state index is 15.0. The van der Waals surface area contributed by atoms with Crippen LogP contribution in [-0.4, -0.2) is 117 Å². The number of aliphatic hydroxyl groups is 4. The number of nitrogens with one attached hydrogen (secondary N) is 1. The third-order valence-electron chi connectivity index (χ3n) is 12.8. The number of hydrogen-bond donors (Lipinski definition) is 5. The van der Waals surface area contributed by atoms with Gasteiger partial charge in [0.1, 0.15) is 41.9 Å². The van der Waals surface area contributed by atoms with E-state index in [9.17, 15) is 49.2 Å². The number of ketones is 1. The number of carbonyl (C=O) groups is 6. The van der Waals surface area contributed by atoms with Crippen LogP contribution in [0.3, 0.4) is 0 Å². The molecule has 2 aromatic carbocycles. The number of aldehydes is 1. The van der Waals surface area contributed by atoms with Crippen molar-refractivity contribution in [2.24, 2.45) is 16.7 Å². The lowest BCUT2D eigenvalue weighted by Gasteiger charge is -2.67. The highest BCUT2D eigenvalue weighted by Crippen LogP contribution is 2.64. The quantitative estimate of drug-likeness (QED) is 0.106. The number of esters is 3. The zero-order valence-corrected chi connectivity index (χ0v) is 34.8. The summed E-state index contributed by atoms with van der Waals surface area (Å²) in [7, 11) is 0. The number of benzene rings is 2. The highest BCUT2D eigenvalue weighted by Gasteiger charge is 2.78. The minimum atomic E-state index is -2.39. The van der Waals surface area contributed by atoms with Crippen LogP contribution in [-0.2, 0) is 38.1 Å². The van der Waals surface area contributed by atoms with Gasteiger partial charge in [0.05, 0.1) is 35.6 Å². The number of alkyl carbamates (subject to hydrolysis) is 1. The van der Waals surface area contributed by atoms with Crippen molar-refractivity contribution >= 4 is 36.1 Å². The van der Waals surface area contributed by atoms with Crippen LogP contribution in [0.4, 0.5) is 4.79 Å². The number of fused-ring (bicyclic) bond motifs is 5. The monoisotopic (exact) mass is 835 g/mol. The Morgan fingerprint density at radius 3 is 2.17 bits per heavy atom. The van der Waals surface area contributed by atoms with Crippen LogP contribution in [0, 0.1) is 16.7 Å². The molecule has 0 spiro atoms. The van der Waals surface area contributed by atoms with Crippen molar-refractivity contribution in [2.75, 3.05) is 6.61 Å². The van der Waals surface area contributed by atoms with Gasteiger partial charge in [0.25, 0.3) is 0 Å². The van der Waals surface area contributed by atoms with E-state index in [2.05, 4.69) is 5.32 Å². The SMILES string of the molecule is CC(=O)O[C@@]12CO[C@@H]1C[C@H](O)[C@@]1(C)C(=O)[C@H](O)C3=C(C)[C@@H](OC(=O)[C@H](O)[C@@H](NC(=O)OC(C)(C)C)c4ccc(C=O)cc4)C[C@@](O)([C@@H](OC(=O)c4ccccc4)[C@H]21)C3(C)C. The van der Waals surface area contributed by atoms with Crippen LogP contribution in [0.5, 0.6) is 0 Å². The van der Waals surface area contributed by atoms with Gasteiger partial charge in [0, 0.05) is 30.7 Å². The fourth-order valence-corrected chi connectivity index (χ4v) is 9.68. The van der Waals surface area contributed by atoms with Crippen molar-refractivity contribution in [1.82, 2.24) is 5.32 Å². The standard InChI is InChI=1S/C44H53NO15/c1-22-27(57-38(53)33(50)31(45-39(54)60-40(3,4)5)25-16-14-24(20-46)15-17-25)19-44(55)36(58-37(52)26-12-10-9-11-13-26)34-42(8,35(51)32(49)30(22)41(44,6)7)28(48)18-29-43(34,21-56-29)59-23(2)47/h9-17,20,27-29,31-34,36,48-50,55H,18-19,21H2,1-8H3,(H,45,54)/t27-,28-,29+,31-,32+,33+,34-,36-,42+,43-,44+/m0/s1. The highest BCUT2D eigenvalue weighted by molar-refractivity contribution is 5.94. The number of Topliss-reactive ketones (excluding diaryl/α,β-unsaturated/α-hetero) is 1. The van der Waals surface area contributed by atoms with Crippen LogP contribution in [0.25, 0.3) is 0 Å². The molecule has 16 heteroatoms. The zero-order chi connectivity index (χ0) is 44.3. The lowest BCUT2D eigenvalue weighted by Crippen LogP contribution is -2.81. The summed E-state index contributed by atoms with van der Waals surface area (Å²) < 4.78 is 29.5. The van der Waals surface area contributed by atoms with Crippen molar-refractivity contribution < 1.29 is 72.9 Å². The Labute approximate surface area is 347 Å². The average molecular weight is 836 g/mol. The lowest BCUT2D eigenvalue weighted by atomic mass is 9.44. The Morgan fingerprint density at radius 2 is 1.62 bits per heavy atom. The maximum Gasteiger partial charge on any atom is 0.408 e. The van der Waals surface area contributed by atoms with Crippen LogP contribution in [0.2, 0.25) is 0 Å². The Balaban J connectivity index is 1.48. The number of hydrogen-bond acceptors (Lipinski definition) is 15. The number of rotatable bonds is 9. The van der Waals surface area contributed by atoms with Gasteiger partial charge in [-0.15, -0.1) is 0 Å². The summed E-state index contributed by atoms with van der Waals surface area (Å²) in [5, 5.41) is 51.6. The zero-order valence-electron chi connectivity index (χ0n) is 34.8.